The summed E-state index contributed by atoms with van der Waals surface area (Å²) in [5.41, 5.74) is 0.944. The third kappa shape index (κ3) is 8.38. The Morgan fingerprint density at radius 1 is 0.580 bits per heavy atom. The van der Waals surface area contributed by atoms with Gasteiger partial charge in [-0.05, 0) is 96.1 Å². The first-order valence-electron chi connectivity index (χ1n) is 14.6. The SMILES string of the molecule is COc1ccc(C(=O)Oc2ccc(C=Nc3ccccc3N=Cc3ccc(OC(=O)c4ccc(OC)cc4)c([N+](=O)[O-])c3)cc2[N+](=O)[O-])cc1. The third-order valence-electron chi connectivity index (χ3n) is 7.00. The lowest BCUT2D eigenvalue weighted by Crippen LogP contribution is -2.10. The predicted octanol–water partition coefficient (Wildman–Crippen LogP) is 7.46. The first kappa shape index (κ1) is 34.1. The molecule has 14 nitrogen and oxygen atoms in total. The Morgan fingerprint density at radius 3 is 1.30 bits per heavy atom. The molecule has 5 aromatic carbocycles. The van der Waals surface area contributed by atoms with Gasteiger partial charge in [0, 0.05) is 24.6 Å². The smallest absolute Gasteiger partial charge is 0.343 e. The predicted molar refractivity (Wildman–Crippen MR) is 183 cm³/mol. The second-order valence-corrected chi connectivity index (χ2v) is 10.2. The summed E-state index contributed by atoms with van der Waals surface area (Å²) in [4.78, 5) is 56.3. The first-order valence-corrected chi connectivity index (χ1v) is 14.6. The van der Waals surface area contributed by atoms with Crippen molar-refractivity contribution in [3.8, 4) is 23.0 Å². The van der Waals surface area contributed by atoms with Gasteiger partial charge in [0.1, 0.15) is 11.5 Å². The molecule has 250 valence electrons. The molecular formula is C36H26N4O10. The summed E-state index contributed by atoms with van der Waals surface area (Å²) < 4.78 is 20.7. The second kappa shape index (κ2) is 15.6. The molecule has 0 heterocycles. The van der Waals surface area contributed by atoms with Gasteiger partial charge in [-0.1, -0.05) is 12.1 Å². The number of esters is 2. The van der Waals surface area contributed by atoms with Gasteiger partial charge in [-0.3, -0.25) is 30.2 Å². The van der Waals surface area contributed by atoms with E-state index in [1.807, 2.05) is 0 Å². The summed E-state index contributed by atoms with van der Waals surface area (Å²) in [6, 6.07) is 27.0. The molecule has 0 unspecified atom stereocenters. The molecule has 0 aliphatic heterocycles. The molecule has 0 fully saturated rings. The van der Waals surface area contributed by atoms with Crippen molar-refractivity contribution in [3.63, 3.8) is 0 Å². The summed E-state index contributed by atoms with van der Waals surface area (Å²) in [6.07, 6.45) is 2.76. The lowest BCUT2D eigenvalue weighted by atomic mass is 10.2. The summed E-state index contributed by atoms with van der Waals surface area (Å²) >= 11 is 0. The number of hydrogen-bond donors (Lipinski definition) is 0. The van der Waals surface area contributed by atoms with Gasteiger partial charge < -0.3 is 18.9 Å². The van der Waals surface area contributed by atoms with Crippen molar-refractivity contribution in [1.82, 2.24) is 0 Å². The van der Waals surface area contributed by atoms with E-state index >= 15 is 0 Å². The average molecular weight is 675 g/mol. The zero-order valence-corrected chi connectivity index (χ0v) is 26.4. The van der Waals surface area contributed by atoms with E-state index in [9.17, 15) is 29.8 Å². The van der Waals surface area contributed by atoms with Crippen LogP contribution in [0.15, 0.2) is 119 Å². The lowest BCUT2D eigenvalue weighted by molar-refractivity contribution is -0.385. The van der Waals surface area contributed by atoms with Crippen molar-refractivity contribution in [3.05, 3.63) is 152 Å². The number of carbonyl (C=O) groups is 2. The van der Waals surface area contributed by atoms with Gasteiger partial charge in [0.25, 0.3) is 0 Å². The maximum Gasteiger partial charge on any atom is 0.343 e. The Kier molecular flexibility index (Phi) is 10.6. The van der Waals surface area contributed by atoms with Crippen molar-refractivity contribution in [2.45, 2.75) is 0 Å². The van der Waals surface area contributed by atoms with Gasteiger partial charge in [-0.2, -0.15) is 0 Å². The number of benzene rings is 5. The Morgan fingerprint density at radius 2 is 0.960 bits per heavy atom. The number of aliphatic imine (C=N–C) groups is 2. The van der Waals surface area contributed by atoms with Crippen molar-refractivity contribution in [2.24, 2.45) is 9.98 Å². The number of methoxy groups -OCH3 is 2. The van der Waals surface area contributed by atoms with E-state index < -0.39 is 33.2 Å². The van der Waals surface area contributed by atoms with Crippen LogP contribution in [-0.4, -0.2) is 48.4 Å². The van der Waals surface area contributed by atoms with E-state index in [-0.39, 0.29) is 22.6 Å². The number of nitrogens with zero attached hydrogens (tertiary/aromatic N) is 4. The van der Waals surface area contributed by atoms with Gasteiger partial charge >= 0.3 is 23.3 Å². The molecule has 0 N–H and O–H groups in total. The summed E-state index contributed by atoms with van der Waals surface area (Å²) in [6.45, 7) is 0. The van der Waals surface area contributed by atoms with E-state index in [0.29, 0.717) is 34.0 Å². The molecule has 5 aromatic rings. The minimum absolute atomic E-state index is 0.182. The number of ether oxygens (including phenoxy) is 4. The Bertz CT molecular complexity index is 1980. The van der Waals surface area contributed by atoms with Gasteiger partial charge in [-0.15, -0.1) is 0 Å². The van der Waals surface area contributed by atoms with Crippen LogP contribution in [0.5, 0.6) is 23.0 Å². The highest BCUT2D eigenvalue weighted by molar-refractivity contribution is 5.93. The average Bonchev–Trinajstić information content (AvgIpc) is 3.14. The molecule has 14 heteroatoms. The summed E-state index contributed by atoms with van der Waals surface area (Å²) in [5.74, 6) is -0.973. The summed E-state index contributed by atoms with van der Waals surface area (Å²) in [5, 5.41) is 23.6. The van der Waals surface area contributed by atoms with Crippen LogP contribution in [0.2, 0.25) is 0 Å². The van der Waals surface area contributed by atoms with Gasteiger partial charge in [0.2, 0.25) is 11.5 Å². The topological polar surface area (TPSA) is 182 Å². The molecule has 0 aliphatic carbocycles. The maximum atomic E-state index is 12.6. The largest absolute Gasteiger partial charge is 0.497 e. The van der Waals surface area contributed by atoms with Crippen molar-refractivity contribution in [1.29, 1.82) is 0 Å². The standard InChI is InChI=1S/C36H26N4O10/c1-47-27-13-9-25(10-14-27)35(41)49-33-17-7-23(19-31(33)39(43)44)21-37-29-5-3-4-6-30(29)38-22-24-8-18-34(32(20-24)40(45)46)50-36(42)26-11-15-28(48-2)16-12-26/h3-22H,1-2H3. The fraction of sp³-hybridized carbons (Fsp3) is 0.0556. The molecule has 0 atom stereocenters. The number of rotatable bonds is 12. The van der Waals surface area contributed by atoms with Crippen LogP contribution < -0.4 is 18.9 Å². The van der Waals surface area contributed by atoms with E-state index in [1.165, 1.54) is 87.3 Å². The maximum absolute atomic E-state index is 12.6. The molecule has 0 saturated carbocycles. The highest BCUT2D eigenvalue weighted by Crippen LogP contribution is 2.32. The van der Waals surface area contributed by atoms with Crippen LogP contribution in [0.4, 0.5) is 22.7 Å². The zero-order valence-electron chi connectivity index (χ0n) is 26.4. The number of nitro groups is 2. The van der Waals surface area contributed by atoms with Crippen LogP contribution in [0.3, 0.4) is 0 Å². The second-order valence-electron chi connectivity index (χ2n) is 10.2. The molecule has 0 aromatic heterocycles. The van der Waals surface area contributed by atoms with E-state index in [4.69, 9.17) is 18.9 Å². The van der Waals surface area contributed by atoms with Crippen molar-refractivity contribution < 1.29 is 38.4 Å². The molecule has 0 amide bonds. The minimum atomic E-state index is -0.779. The normalized spacial score (nSPS) is 10.9. The first-order chi connectivity index (χ1) is 24.1. The van der Waals surface area contributed by atoms with Crippen LogP contribution >= 0.6 is 0 Å². The monoisotopic (exact) mass is 674 g/mol. The number of nitro benzene ring substituents is 2. The van der Waals surface area contributed by atoms with Gasteiger partial charge in [0.15, 0.2) is 0 Å². The molecule has 5 rings (SSSR count). The van der Waals surface area contributed by atoms with Gasteiger partial charge in [0.05, 0.1) is 46.6 Å². The lowest BCUT2D eigenvalue weighted by Gasteiger charge is -2.07. The molecule has 0 spiro atoms. The highest BCUT2D eigenvalue weighted by atomic mass is 16.6. The fourth-order valence-corrected chi connectivity index (χ4v) is 4.43. The van der Waals surface area contributed by atoms with Crippen LogP contribution in [0.1, 0.15) is 31.8 Å². The Balaban J connectivity index is 1.32. The summed E-state index contributed by atoms with van der Waals surface area (Å²) in [7, 11) is 2.97. The van der Waals surface area contributed by atoms with Crippen LogP contribution in [0, 0.1) is 20.2 Å². The quantitative estimate of drug-likeness (QED) is 0.0423. The van der Waals surface area contributed by atoms with Crippen molar-refractivity contribution >= 4 is 47.1 Å². The zero-order chi connectivity index (χ0) is 35.6. The van der Waals surface area contributed by atoms with Gasteiger partial charge in [-0.25, -0.2) is 9.59 Å². The Hall–Kier alpha value is -7.22. The molecule has 0 radical (unpaired) electrons. The third-order valence-corrected chi connectivity index (χ3v) is 7.00. The van der Waals surface area contributed by atoms with Crippen LogP contribution in [0.25, 0.3) is 0 Å². The van der Waals surface area contributed by atoms with Crippen LogP contribution in [-0.2, 0) is 0 Å². The molecular weight excluding hydrogens is 648 g/mol. The molecule has 0 bridgehead atoms. The van der Waals surface area contributed by atoms with E-state index in [2.05, 4.69) is 9.98 Å². The minimum Gasteiger partial charge on any atom is -0.497 e. The molecule has 50 heavy (non-hydrogen) atoms. The highest BCUT2D eigenvalue weighted by Gasteiger charge is 2.21. The number of hydrogen-bond acceptors (Lipinski definition) is 12. The fourth-order valence-electron chi connectivity index (χ4n) is 4.43. The van der Waals surface area contributed by atoms with E-state index in [0.717, 1.165) is 0 Å². The number of carbonyl (C=O) groups excluding carboxylic acids is 2. The Labute approximate surface area is 284 Å². The number of para-hydroxylation sites is 2. The van der Waals surface area contributed by atoms with Crippen molar-refractivity contribution in [2.75, 3.05) is 14.2 Å². The molecule has 0 aliphatic rings. The molecule has 0 saturated heterocycles. The van der Waals surface area contributed by atoms with E-state index in [1.54, 1.807) is 48.5 Å².